The summed E-state index contributed by atoms with van der Waals surface area (Å²) in [4.78, 5) is 8.38. The predicted molar refractivity (Wildman–Crippen MR) is 73.3 cm³/mol. The maximum Gasteiger partial charge on any atom is 0.0753 e. The molecule has 1 N–H and O–H groups in total. The fraction of sp³-hybridized carbons (Fsp3) is 0.333. The Hall–Kier alpha value is -1.74. The summed E-state index contributed by atoms with van der Waals surface area (Å²) >= 11 is 0. The number of aromatic nitrogens is 2. The molecule has 3 heteroatoms. The smallest absolute Gasteiger partial charge is 0.0753 e. The minimum Gasteiger partial charge on any atom is -0.308 e. The van der Waals surface area contributed by atoms with Gasteiger partial charge in [-0.2, -0.15) is 0 Å². The SMILES string of the molecule is Cc1ccccc1CCNC(C)c1cnccn1. The van der Waals surface area contributed by atoms with Crippen LogP contribution >= 0.6 is 0 Å². The molecular formula is C15H19N3. The fourth-order valence-electron chi connectivity index (χ4n) is 1.95. The summed E-state index contributed by atoms with van der Waals surface area (Å²) in [5.41, 5.74) is 3.74. The van der Waals surface area contributed by atoms with Crippen molar-refractivity contribution in [1.82, 2.24) is 15.3 Å². The van der Waals surface area contributed by atoms with Crippen molar-refractivity contribution >= 4 is 0 Å². The van der Waals surface area contributed by atoms with Crippen molar-refractivity contribution in [1.29, 1.82) is 0 Å². The highest BCUT2D eigenvalue weighted by Gasteiger charge is 2.05. The second kappa shape index (κ2) is 6.26. The van der Waals surface area contributed by atoms with Gasteiger partial charge >= 0.3 is 0 Å². The Balaban J connectivity index is 1.84. The Kier molecular flexibility index (Phi) is 4.42. The van der Waals surface area contributed by atoms with Crippen LogP contribution in [0, 0.1) is 6.92 Å². The molecule has 0 aliphatic heterocycles. The van der Waals surface area contributed by atoms with E-state index in [1.807, 2.05) is 6.20 Å². The molecule has 0 amide bonds. The van der Waals surface area contributed by atoms with Gasteiger partial charge in [-0.05, 0) is 37.9 Å². The molecule has 3 nitrogen and oxygen atoms in total. The highest BCUT2D eigenvalue weighted by molar-refractivity contribution is 5.25. The third-order valence-electron chi connectivity index (χ3n) is 3.13. The summed E-state index contributed by atoms with van der Waals surface area (Å²) in [7, 11) is 0. The largest absolute Gasteiger partial charge is 0.308 e. The summed E-state index contributed by atoms with van der Waals surface area (Å²) in [5, 5.41) is 3.47. The summed E-state index contributed by atoms with van der Waals surface area (Å²) < 4.78 is 0. The third-order valence-corrected chi connectivity index (χ3v) is 3.13. The van der Waals surface area contributed by atoms with Crippen molar-refractivity contribution in [2.24, 2.45) is 0 Å². The van der Waals surface area contributed by atoms with Crippen molar-refractivity contribution in [3.63, 3.8) is 0 Å². The quantitative estimate of drug-likeness (QED) is 0.874. The Bertz CT molecular complexity index is 482. The van der Waals surface area contributed by atoms with E-state index in [1.165, 1.54) is 11.1 Å². The molecule has 2 rings (SSSR count). The molecular weight excluding hydrogens is 222 g/mol. The van der Waals surface area contributed by atoms with E-state index >= 15 is 0 Å². The first-order valence-electron chi connectivity index (χ1n) is 6.31. The van der Waals surface area contributed by atoms with Crippen LogP contribution in [0.2, 0.25) is 0 Å². The van der Waals surface area contributed by atoms with Gasteiger partial charge in [0.2, 0.25) is 0 Å². The first kappa shape index (κ1) is 12.7. The van der Waals surface area contributed by atoms with Crippen molar-refractivity contribution in [3.05, 3.63) is 59.7 Å². The van der Waals surface area contributed by atoms with Gasteiger partial charge in [-0.15, -0.1) is 0 Å². The van der Waals surface area contributed by atoms with Crippen LogP contribution in [-0.2, 0) is 6.42 Å². The average Bonchev–Trinajstić information content (AvgIpc) is 2.42. The summed E-state index contributed by atoms with van der Waals surface area (Å²) in [6.07, 6.45) is 6.28. The zero-order valence-electron chi connectivity index (χ0n) is 10.9. The Morgan fingerprint density at radius 3 is 2.78 bits per heavy atom. The van der Waals surface area contributed by atoms with Crippen molar-refractivity contribution in [3.8, 4) is 0 Å². The maximum absolute atomic E-state index is 4.30. The lowest BCUT2D eigenvalue weighted by atomic mass is 10.1. The lowest BCUT2D eigenvalue weighted by Gasteiger charge is -2.13. The van der Waals surface area contributed by atoms with Crippen molar-refractivity contribution in [2.45, 2.75) is 26.3 Å². The molecule has 0 bridgehead atoms. The molecule has 94 valence electrons. The summed E-state index contributed by atoms with van der Waals surface area (Å²) in [5.74, 6) is 0. The summed E-state index contributed by atoms with van der Waals surface area (Å²) in [6, 6.07) is 8.75. The predicted octanol–water partition coefficient (Wildman–Crippen LogP) is 2.68. The van der Waals surface area contributed by atoms with E-state index in [-0.39, 0.29) is 6.04 Å². The molecule has 1 atom stereocenters. The van der Waals surface area contributed by atoms with Gasteiger partial charge < -0.3 is 5.32 Å². The number of nitrogens with zero attached hydrogens (tertiary/aromatic N) is 2. The Morgan fingerprint density at radius 1 is 1.22 bits per heavy atom. The van der Waals surface area contributed by atoms with Gasteiger partial charge in [0.1, 0.15) is 0 Å². The van der Waals surface area contributed by atoms with Gasteiger partial charge in [0, 0.05) is 24.6 Å². The van der Waals surface area contributed by atoms with Crippen LogP contribution in [0.1, 0.15) is 29.8 Å². The first-order chi connectivity index (χ1) is 8.77. The number of aryl methyl sites for hydroxylation is 1. The van der Waals surface area contributed by atoms with Crippen LogP contribution in [0.15, 0.2) is 42.9 Å². The molecule has 1 unspecified atom stereocenters. The Morgan fingerprint density at radius 2 is 2.06 bits per heavy atom. The standard InChI is InChI=1S/C15H19N3/c1-12-5-3-4-6-14(12)7-8-17-13(2)15-11-16-9-10-18-15/h3-6,9-11,13,17H,7-8H2,1-2H3. The molecule has 0 saturated carbocycles. The van der Waals surface area contributed by atoms with E-state index in [0.717, 1.165) is 18.7 Å². The zero-order valence-corrected chi connectivity index (χ0v) is 10.9. The third kappa shape index (κ3) is 3.37. The maximum atomic E-state index is 4.30. The van der Waals surface area contributed by atoms with E-state index in [2.05, 4.69) is 53.4 Å². The Labute approximate surface area is 108 Å². The highest BCUT2D eigenvalue weighted by atomic mass is 14.9. The molecule has 0 aliphatic carbocycles. The number of benzene rings is 1. The van der Waals surface area contributed by atoms with Crippen molar-refractivity contribution in [2.75, 3.05) is 6.54 Å². The van der Waals surface area contributed by atoms with Crippen molar-refractivity contribution < 1.29 is 0 Å². The van der Waals surface area contributed by atoms with E-state index in [4.69, 9.17) is 0 Å². The average molecular weight is 241 g/mol. The minimum absolute atomic E-state index is 0.239. The molecule has 1 heterocycles. The molecule has 18 heavy (non-hydrogen) atoms. The van der Waals surface area contributed by atoms with E-state index < -0.39 is 0 Å². The number of rotatable bonds is 5. The lowest BCUT2D eigenvalue weighted by molar-refractivity contribution is 0.561. The van der Waals surface area contributed by atoms with Gasteiger partial charge in [0.15, 0.2) is 0 Å². The van der Waals surface area contributed by atoms with Crippen LogP contribution in [0.25, 0.3) is 0 Å². The van der Waals surface area contributed by atoms with Gasteiger partial charge in [-0.25, -0.2) is 0 Å². The number of hydrogen-bond donors (Lipinski definition) is 1. The van der Waals surface area contributed by atoms with Crippen LogP contribution < -0.4 is 5.32 Å². The van der Waals surface area contributed by atoms with Gasteiger partial charge in [-0.3, -0.25) is 9.97 Å². The van der Waals surface area contributed by atoms with Crippen LogP contribution in [0.4, 0.5) is 0 Å². The molecule has 0 spiro atoms. The molecule has 0 radical (unpaired) electrons. The molecule has 0 saturated heterocycles. The topological polar surface area (TPSA) is 37.8 Å². The van der Waals surface area contributed by atoms with Gasteiger partial charge in [-0.1, -0.05) is 24.3 Å². The van der Waals surface area contributed by atoms with E-state index in [0.29, 0.717) is 0 Å². The molecule has 1 aromatic carbocycles. The molecule has 2 aromatic rings. The highest BCUT2D eigenvalue weighted by Crippen LogP contribution is 2.09. The summed E-state index contributed by atoms with van der Waals surface area (Å²) in [6.45, 7) is 5.21. The molecule has 1 aromatic heterocycles. The first-order valence-corrected chi connectivity index (χ1v) is 6.31. The normalized spacial score (nSPS) is 12.3. The second-order valence-electron chi connectivity index (χ2n) is 4.48. The van der Waals surface area contributed by atoms with Crippen LogP contribution in [0.5, 0.6) is 0 Å². The number of nitrogens with one attached hydrogen (secondary N) is 1. The minimum atomic E-state index is 0.239. The monoisotopic (exact) mass is 241 g/mol. The lowest BCUT2D eigenvalue weighted by Crippen LogP contribution is -2.22. The molecule has 0 aliphatic rings. The zero-order chi connectivity index (χ0) is 12.8. The van der Waals surface area contributed by atoms with Crippen LogP contribution in [0.3, 0.4) is 0 Å². The van der Waals surface area contributed by atoms with Crippen LogP contribution in [-0.4, -0.2) is 16.5 Å². The number of hydrogen-bond acceptors (Lipinski definition) is 3. The fourth-order valence-corrected chi connectivity index (χ4v) is 1.95. The second-order valence-corrected chi connectivity index (χ2v) is 4.48. The van der Waals surface area contributed by atoms with Gasteiger partial charge in [0.05, 0.1) is 5.69 Å². The van der Waals surface area contributed by atoms with E-state index in [9.17, 15) is 0 Å². The molecule has 0 fully saturated rings. The van der Waals surface area contributed by atoms with Gasteiger partial charge in [0.25, 0.3) is 0 Å². The van der Waals surface area contributed by atoms with E-state index in [1.54, 1.807) is 12.4 Å².